The number of imide groups is 1. The molecule has 3 rings (SSSR count). The fourth-order valence-corrected chi connectivity index (χ4v) is 3.82. The molecule has 0 spiro atoms. The molecule has 0 saturated carbocycles. The van der Waals surface area contributed by atoms with Crippen molar-refractivity contribution in [1.29, 1.82) is 0 Å². The van der Waals surface area contributed by atoms with Crippen molar-refractivity contribution in [3.05, 3.63) is 42.0 Å². The zero-order valence-corrected chi connectivity index (χ0v) is 18.8. The van der Waals surface area contributed by atoms with E-state index in [2.05, 4.69) is 24.5 Å². The fourth-order valence-electron chi connectivity index (χ4n) is 3.82. The number of nitrogens with zero attached hydrogens (tertiary/aromatic N) is 1. The molecular weight excluding hydrogens is 394 g/mol. The largest absolute Gasteiger partial charge is 0.497 e. The van der Waals surface area contributed by atoms with Crippen LogP contribution in [0.3, 0.4) is 0 Å². The van der Waals surface area contributed by atoms with Crippen molar-refractivity contribution in [1.82, 2.24) is 15.5 Å². The summed E-state index contributed by atoms with van der Waals surface area (Å²) in [6, 6.07) is 10.7. The molecule has 2 aromatic carbocycles. The van der Waals surface area contributed by atoms with Crippen LogP contribution in [-0.2, 0) is 15.1 Å². The van der Waals surface area contributed by atoms with Gasteiger partial charge in [0, 0.05) is 6.04 Å². The van der Waals surface area contributed by atoms with E-state index in [4.69, 9.17) is 4.74 Å². The molecular formula is C24H31N3O4. The summed E-state index contributed by atoms with van der Waals surface area (Å²) >= 11 is 0. The van der Waals surface area contributed by atoms with Gasteiger partial charge < -0.3 is 15.4 Å². The number of methoxy groups -OCH3 is 1. The summed E-state index contributed by atoms with van der Waals surface area (Å²) in [5.74, 6) is 0.524. The van der Waals surface area contributed by atoms with Gasteiger partial charge in [-0.3, -0.25) is 14.5 Å². The molecule has 4 amide bonds. The Morgan fingerprint density at radius 2 is 1.77 bits per heavy atom. The highest BCUT2D eigenvalue weighted by molar-refractivity contribution is 6.09. The number of ether oxygens (including phenoxy) is 1. The lowest BCUT2D eigenvalue weighted by molar-refractivity contribution is -0.135. The minimum absolute atomic E-state index is 0.0143. The second-order valence-corrected chi connectivity index (χ2v) is 8.81. The van der Waals surface area contributed by atoms with Crippen LogP contribution >= 0.6 is 0 Å². The smallest absolute Gasteiger partial charge is 0.325 e. The van der Waals surface area contributed by atoms with Gasteiger partial charge in [-0.1, -0.05) is 32.0 Å². The summed E-state index contributed by atoms with van der Waals surface area (Å²) in [6.07, 6.45) is 1.85. The Kier molecular flexibility index (Phi) is 6.53. The monoisotopic (exact) mass is 425 g/mol. The third-order valence-corrected chi connectivity index (χ3v) is 5.79. The molecule has 2 aromatic rings. The first-order valence-corrected chi connectivity index (χ1v) is 10.7. The molecule has 0 aromatic heterocycles. The molecule has 0 unspecified atom stereocenters. The Bertz CT molecular complexity index is 1000. The number of fused-ring (bicyclic) bond motifs is 1. The molecule has 1 aliphatic heterocycles. The normalized spacial score (nSPS) is 19.6. The average molecular weight is 426 g/mol. The van der Waals surface area contributed by atoms with E-state index >= 15 is 0 Å². The van der Waals surface area contributed by atoms with Gasteiger partial charge in [0.15, 0.2) is 0 Å². The van der Waals surface area contributed by atoms with E-state index < -0.39 is 17.5 Å². The molecule has 0 bridgehead atoms. The summed E-state index contributed by atoms with van der Waals surface area (Å²) < 4.78 is 5.25. The number of urea groups is 1. The summed E-state index contributed by atoms with van der Waals surface area (Å²) in [6.45, 7) is 7.57. The van der Waals surface area contributed by atoms with Gasteiger partial charge >= 0.3 is 6.03 Å². The quantitative estimate of drug-likeness (QED) is 0.633. The average Bonchev–Trinajstić information content (AvgIpc) is 2.95. The summed E-state index contributed by atoms with van der Waals surface area (Å²) in [4.78, 5) is 39.1. The highest BCUT2D eigenvalue weighted by atomic mass is 16.5. The van der Waals surface area contributed by atoms with Gasteiger partial charge in [0.1, 0.15) is 17.8 Å². The molecule has 166 valence electrons. The molecule has 7 nitrogen and oxygen atoms in total. The van der Waals surface area contributed by atoms with Crippen LogP contribution in [0.5, 0.6) is 5.75 Å². The van der Waals surface area contributed by atoms with Gasteiger partial charge in [-0.15, -0.1) is 0 Å². The predicted octanol–water partition coefficient (Wildman–Crippen LogP) is 3.56. The molecule has 1 aliphatic rings. The van der Waals surface area contributed by atoms with E-state index in [1.807, 2.05) is 43.3 Å². The van der Waals surface area contributed by atoms with Crippen molar-refractivity contribution < 1.29 is 19.1 Å². The second kappa shape index (κ2) is 8.96. The zero-order valence-electron chi connectivity index (χ0n) is 18.8. The van der Waals surface area contributed by atoms with Crippen LogP contribution in [0.2, 0.25) is 0 Å². The number of amides is 4. The number of hydrogen-bond donors (Lipinski definition) is 2. The third-order valence-electron chi connectivity index (χ3n) is 5.79. The number of benzene rings is 2. The second-order valence-electron chi connectivity index (χ2n) is 8.81. The van der Waals surface area contributed by atoms with Gasteiger partial charge in [-0.05, 0) is 67.1 Å². The Balaban J connectivity index is 1.74. The molecule has 31 heavy (non-hydrogen) atoms. The van der Waals surface area contributed by atoms with Crippen LogP contribution in [-0.4, -0.2) is 42.4 Å². The molecule has 0 aliphatic carbocycles. The van der Waals surface area contributed by atoms with Crippen LogP contribution in [0.4, 0.5) is 4.79 Å². The third kappa shape index (κ3) is 4.81. The van der Waals surface area contributed by atoms with Crippen LogP contribution in [0.15, 0.2) is 36.4 Å². The Hall–Kier alpha value is -3.09. The summed E-state index contributed by atoms with van der Waals surface area (Å²) in [5.41, 5.74) is -0.564. The Morgan fingerprint density at radius 1 is 1.10 bits per heavy atom. The minimum atomic E-state index is -1.23. The van der Waals surface area contributed by atoms with Crippen molar-refractivity contribution in [2.75, 3.05) is 13.7 Å². The van der Waals surface area contributed by atoms with E-state index in [-0.39, 0.29) is 18.5 Å². The van der Waals surface area contributed by atoms with Crippen LogP contribution < -0.4 is 15.4 Å². The zero-order chi connectivity index (χ0) is 22.8. The molecule has 1 fully saturated rings. The first-order valence-electron chi connectivity index (χ1n) is 10.7. The number of carbonyl (C=O) groups excluding carboxylic acids is 3. The summed E-state index contributed by atoms with van der Waals surface area (Å²) in [5, 5.41) is 7.54. The van der Waals surface area contributed by atoms with E-state index in [9.17, 15) is 14.4 Å². The van der Waals surface area contributed by atoms with Crippen molar-refractivity contribution in [2.24, 2.45) is 5.92 Å². The van der Waals surface area contributed by atoms with Gasteiger partial charge in [0.05, 0.1) is 7.11 Å². The Morgan fingerprint density at radius 3 is 2.45 bits per heavy atom. The maximum atomic E-state index is 13.2. The lowest BCUT2D eigenvalue weighted by Crippen LogP contribution is -2.45. The minimum Gasteiger partial charge on any atom is -0.497 e. The first kappa shape index (κ1) is 22.6. The molecule has 1 saturated heterocycles. The predicted molar refractivity (Wildman–Crippen MR) is 120 cm³/mol. The van der Waals surface area contributed by atoms with Crippen molar-refractivity contribution in [3.8, 4) is 5.75 Å². The highest BCUT2D eigenvalue weighted by Gasteiger charge is 2.49. The van der Waals surface area contributed by atoms with Crippen molar-refractivity contribution in [3.63, 3.8) is 0 Å². The number of hydrogen-bond acceptors (Lipinski definition) is 4. The SMILES string of the molecule is COc1ccc2cc([C@@]3(C)NC(=O)N(CC(=O)N[C@@H](C)CCC(C)C)C3=O)ccc2c1. The molecule has 1 heterocycles. The number of carbonyl (C=O) groups is 3. The van der Waals surface area contributed by atoms with E-state index in [0.29, 0.717) is 11.5 Å². The Labute approximate surface area is 183 Å². The fraction of sp³-hybridized carbons (Fsp3) is 0.458. The van der Waals surface area contributed by atoms with E-state index in [1.165, 1.54) is 0 Å². The lowest BCUT2D eigenvalue weighted by atomic mass is 9.90. The van der Waals surface area contributed by atoms with Crippen molar-refractivity contribution >= 4 is 28.6 Å². The molecule has 0 radical (unpaired) electrons. The lowest BCUT2D eigenvalue weighted by Gasteiger charge is -2.23. The van der Waals surface area contributed by atoms with Gasteiger partial charge in [-0.25, -0.2) is 4.79 Å². The molecule has 2 N–H and O–H groups in total. The maximum Gasteiger partial charge on any atom is 0.325 e. The van der Waals surface area contributed by atoms with E-state index in [1.54, 1.807) is 14.0 Å². The summed E-state index contributed by atoms with van der Waals surface area (Å²) in [7, 11) is 1.61. The topological polar surface area (TPSA) is 87.7 Å². The van der Waals surface area contributed by atoms with Gasteiger partial charge in [-0.2, -0.15) is 0 Å². The van der Waals surface area contributed by atoms with Crippen LogP contribution in [0.1, 0.15) is 46.1 Å². The highest BCUT2D eigenvalue weighted by Crippen LogP contribution is 2.32. The van der Waals surface area contributed by atoms with Gasteiger partial charge in [0.2, 0.25) is 5.91 Å². The van der Waals surface area contributed by atoms with Crippen molar-refractivity contribution in [2.45, 2.75) is 52.1 Å². The van der Waals surface area contributed by atoms with E-state index in [0.717, 1.165) is 34.3 Å². The first-order chi connectivity index (χ1) is 14.6. The molecule has 7 heteroatoms. The van der Waals surface area contributed by atoms with Crippen LogP contribution in [0, 0.1) is 5.92 Å². The number of rotatable bonds is 8. The maximum absolute atomic E-state index is 13.2. The number of nitrogens with one attached hydrogen (secondary N) is 2. The van der Waals surface area contributed by atoms with Gasteiger partial charge in [0.25, 0.3) is 5.91 Å². The van der Waals surface area contributed by atoms with Crippen LogP contribution in [0.25, 0.3) is 10.8 Å². The standard InChI is InChI=1S/C24H31N3O4/c1-15(2)6-7-16(3)25-21(28)14-27-22(29)24(4,26-23(27)30)19-10-8-18-13-20(31-5)11-9-17(18)12-19/h8-13,15-16H,6-7,14H2,1-5H3,(H,25,28)(H,26,30)/t16-,24+/m0/s1. The molecule has 2 atom stereocenters.